The van der Waals surface area contributed by atoms with E-state index in [0.717, 1.165) is 22.4 Å². The zero-order chi connectivity index (χ0) is 22.8. The number of rotatable bonds is 7. The Labute approximate surface area is 198 Å². The second-order valence-electron chi connectivity index (χ2n) is 7.53. The fourth-order valence-electron chi connectivity index (χ4n) is 3.61. The van der Waals surface area contributed by atoms with Crippen LogP contribution < -0.4 is 10.9 Å². The molecule has 0 aliphatic carbocycles. The van der Waals surface area contributed by atoms with E-state index in [1.54, 1.807) is 15.9 Å². The van der Waals surface area contributed by atoms with E-state index in [1.165, 1.54) is 17.3 Å². The fraction of sp³-hybridized carbons (Fsp3) is 0.160. The summed E-state index contributed by atoms with van der Waals surface area (Å²) in [5, 5.41) is 6.16. The van der Waals surface area contributed by atoms with Crippen molar-refractivity contribution in [3.8, 4) is 0 Å². The molecule has 5 aromatic rings. The second kappa shape index (κ2) is 9.25. The number of carbonyl (C=O) groups is 1. The van der Waals surface area contributed by atoms with Crippen molar-refractivity contribution < 1.29 is 9.21 Å². The number of amides is 1. The Hall–Kier alpha value is -3.36. The number of hydrogen-bond donors (Lipinski definition) is 1. The number of aromatic nitrogens is 2. The number of aryl methyl sites for hydroxylation is 1. The Balaban J connectivity index is 1.46. The molecular formula is C25H21N3O3S2. The molecule has 8 heteroatoms. The van der Waals surface area contributed by atoms with E-state index in [0.29, 0.717) is 22.8 Å². The standard InChI is InChI=1S/C25H21N3O3S2/c1-2-16-9-11-17(12-10-16)26-21(29)15-33-25-27-22-19-7-3-4-8-20(19)31-23(22)24(30)28(25)14-18-6-5-13-32-18/h3-13H,2,14-15H2,1H3,(H,26,29). The summed E-state index contributed by atoms with van der Waals surface area (Å²) < 4.78 is 7.43. The third kappa shape index (κ3) is 4.44. The summed E-state index contributed by atoms with van der Waals surface area (Å²) in [4.78, 5) is 31.8. The molecule has 0 aliphatic heterocycles. The first-order valence-electron chi connectivity index (χ1n) is 10.6. The molecule has 1 amide bonds. The Morgan fingerprint density at radius 2 is 1.94 bits per heavy atom. The summed E-state index contributed by atoms with van der Waals surface area (Å²) in [7, 11) is 0. The number of para-hydroxylation sites is 1. The minimum atomic E-state index is -0.248. The smallest absolute Gasteiger partial charge is 0.298 e. The van der Waals surface area contributed by atoms with Gasteiger partial charge >= 0.3 is 0 Å². The predicted octanol–water partition coefficient (Wildman–Crippen LogP) is 5.55. The number of thiophene rings is 1. The van der Waals surface area contributed by atoms with Crippen molar-refractivity contribution in [2.45, 2.75) is 25.0 Å². The molecule has 0 saturated carbocycles. The first-order valence-corrected chi connectivity index (χ1v) is 12.4. The normalized spacial score (nSPS) is 11.3. The number of carbonyl (C=O) groups excluding carboxylic acids is 1. The lowest BCUT2D eigenvalue weighted by Gasteiger charge is -2.11. The molecule has 2 aromatic carbocycles. The average molecular weight is 476 g/mol. The van der Waals surface area contributed by atoms with Crippen LogP contribution in [0, 0.1) is 0 Å². The zero-order valence-electron chi connectivity index (χ0n) is 17.9. The molecule has 33 heavy (non-hydrogen) atoms. The van der Waals surface area contributed by atoms with Crippen LogP contribution in [0.15, 0.2) is 80.4 Å². The van der Waals surface area contributed by atoms with Gasteiger partial charge in [0.05, 0.1) is 12.3 Å². The van der Waals surface area contributed by atoms with Crippen LogP contribution in [0.1, 0.15) is 17.4 Å². The van der Waals surface area contributed by atoms with Gasteiger partial charge in [-0.1, -0.05) is 49.0 Å². The van der Waals surface area contributed by atoms with Gasteiger partial charge in [-0.2, -0.15) is 0 Å². The molecule has 3 aromatic heterocycles. The molecule has 0 saturated heterocycles. The van der Waals surface area contributed by atoms with Gasteiger partial charge in [0.15, 0.2) is 5.16 Å². The Morgan fingerprint density at radius 3 is 2.70 bits per heavy atom. The molecule has 6 nitrogen and oxygen atoms in total. The molecular weight excluding hydrogens is 454 g/mol. The maximum Gasteiger partial charge on any atom is 0.298 e. The molecule has 1 N–H and O–H groups in total. The lowest BCUT2D eigenvalue weighted by molar-refractivity contribution is -0.113. The van der Waals surface area contributed by atoms with Crippen LogP contribution in [-0.4, -0.2) is 21.2 Å². The van der Waals surface area contributed by atoms with Crippen molar-refractivity contribution in [2.24, 2.45) is 0 Å². The molecule has 0 radical (unpaired) electrons. The summed E-state index contributed by atoms with van der Waals surface area (Å²) in [6.45, 7) is 2.46. The van der Waals surface area contributed by atoms with Crippen molar-refractivity contribution in [3.05, 3.63) is 86.8 Å². The van der Waals surface area contributed by atoms with Crippen LogP contribution in [0.5, 0.6) is 0 Å². The van der Waals surface area contributed by atoms with Gasteiger partial charge in [-0.05, 0) is 47.7 Å². The fourth-order valence-corrected chi connectivity index (χ4v) is 5.10. The molecule has 166 valence electrons. The van der Waals surface area contributed by atoms with E-state index in [2.05, 4.69) is 12.2 Å². The Kier molecular flexibility index (Phi) is 6.02. The summed E-state index contributed by atoms with van der Waals surface area (Å²) in [6, 6.07) is 19.2. The largest absolute Gasteiger partial charge is 0.448 e. The van der Waals surface area contributed by atoms with Crippen LogP contribution >= 0.6 is 23.1 Å². The number of benzene rings is 2. The second-order valence-corrected chi connectivity index (χ2v) is 9.50. The highest BCUT2D eigenvalue weighted by Crippen LogP contribution is 2.28. The zero-order valence-corrected chi connectivity index (χ0v) is 19.5. The van der Waals surface area contributed by atoms with Crippen LogP contribution in [0.25, 0.3) is 22.1 Å². The predicted molar refractivity (Wildman–Crippen MR) is 134 cm³/mol. The number of hydrogen-bond acceptors (Lipinski definition) is 6. The molecule has 3 heterocycles. The molecule has 0 bridgehead atoms. The van der Waals surface area contributed by atoms with Crippen LogP contribution in [0.3, 0.4) is 0 Å². The van der Waals surface area contributed by atoms with Gasteiger partial charge in [-0.15, -0.1) is 11.3 Å². The quantitative estimate of drug-likeness (QED) is 0.247. The van der Waals surface area contributed by atoms with E-state index in [9.17, 15) is 9.59 Å². The van der Waals surface area contributed by atoms with E-state index < -0.39 is 0 Å². The third-order valence-corrected chi connectivity index (χ3v) is 7.16. The highest BCUT2D eigenvalue weighted by molar-refractivity contribution is 7.99. The van der Waals surface area contributed by atoms with E-state index in [1.807, 2.05) is 66.0 Å². The number of furan rings is 1. The highest BCUT2D eigenvalue weighted by atomic mass is 32.2. The van der Waals surface area contributed by atoms with Crippen molar-refractivity contribution >= 4 is 56.8 Å². The van der Waals surface area contributed by atoms with Gasteiger partial charge in [-0.3, -0.25) is 14.2 Å². The highest BCUT2D eigenvalue weighted by Gasteiger charge is 2.19. The van der Waals surface area contributed by atoms with E-state index >= 15 is 0 Å². The number of anilines is 1. The maximum atomic E-state index is 13.4. The maximum absolute atomic E-state index is 13.4. The topological polar surface area (TPSA) is 77.1 Å². The monoisotopic (exact) mass is 475 g/mol. The third-order valence-electron chi connectivity index (χ3n) is 5.32. The van der Waals surface area contributed by atoms with Gasteiger partial charge in [0.25, 0.3) is 5.56 Å². The average Bonchev–Trinajstić information content (AvgIpc) is 3.48. The van der Waals surface area contributed by atoms with Gasteiger partial charge in [0.2, 0.25) is 11.5 Å². The summed E-state index contributed by atoms with van der Waals surface area (Å²) in [6.07, 6.45) is 0.947. The minimum Gasteiger partial charge on any atom is -0.448 e. The summed E-state index contributed by atoms with van der Waals surface area (Å²) in [5.74, 6) is -0.0217. The van der Waals surface area contributed by atoms with Crippen LogP contribution in [0.2, 0.25) is 0 Å². The lowest BCUT2D eigenvalue weighted by atomic mass is 10.1. The van der Waals surface area contributed by atoms with Crippen molar-refractivity contribution in [1.82, 2.24) is 9.55 Å². The van der Waals surface area contributed by atoms with E-state index in [-0.39, 0.29) is 22.8 Å². The van der Waals surface area contributed by atoms with Gasteiger partial charge < -0.3 is 9.73 Å². The molecule has 0 fully saturated rings. The Morgan fingerprint density at radius 1 is 1.12 bits per heavy atom. The van der Waals surface area contributed by atoms with Gasteiger partial charge in [-0.25, -0.2) is 4.98 Å². The lowest BCUT2D eigenvalue weighted by Crippen LogP contribution is -2.24. The van der Waals surface area contributed by atoms with Gasteiger partial charge in [0, 0.05) is 16.0 Å². The summed E-state index contributed by atoms with van der Waals surface area (Å²) >= 11 is 2.82. The van der Waals surface area contributed by atoms with Crippen LogP contribution in [0.4, 0.5) is 5.69 Å². The number of nitrogens with one attached hydrogen (secondary N) is 1. The summed E-state index contributed by atoms with van der Waals surface area (Å²) in [5.41, 5.74) is 3.09. The van der Waals surface area contributed by atoms with Crippen LogP contribution in [-0.2, 0) is 17.8 Å². The molecule has 0 atom stereocenters. The molecule has 5 rings (SSSR count). The molecule has 0 aliphatic rings. The van der Waals surface area contributed by atoms with Crippen molar-refractivity contribution in [1.29, 1.82) is 0 Å². The van der Waals surface area contributed by atoms with Crippen molar-refractivity contribution in [2.75, 3.05) is 11.1 Å². The van der Waals surface area contributed by atoms with Crippen molar-refractivity contribution in [3.63, 3.8) is 0 Å². The molecule has 0 unspecified atom stereocenters. The van der Waals surface area contributed by atoms with Gasteiger partial charge in [0.1, 0.15) is 11.1 Å². The molecule has 0 spiro atoms. The number of nitrogens with zero attached hydrogens (tertiary/aromatic N) is 2. The van der Waals surface area contributed by atoms with E-state index in [4.69, 9.17) is 9.40 Å². The SMILES string of the molecule is CCc1ccc(NC(=O)CSc2nc3c(oc4ccccc43)c(=O)n2Cc2cccs2)cc1. The number of thioether (sulfide) groups is 1. The first-order chi connectivity index (χ1) is 16.1. The first kappa shape index (κ1) is 21.5. The minimum absolute atomic E-state index is 0.133. The Bertz CT molecular complexity index is 1490. The number of fused-ring (bicyclic) bond motifs is 3.